The maximum absolute atomic E-state index is 3.46. The van der Waals surface area contributed by atoms with Crippen LogP contribution < -0.4 is 0 Å². The predicted molar refractivity (Wildman–Crippen MR) is 64.1 cm³/mol. The first-order valence-corrected chi connectivity index (χ1v) is 5.47. The standard InChI is InChI=1S/C14H17N/c1-11(2)14-9-8-13(15-14)10-12-6-4-3-5-7-12/h3-9,11,15H,10H2,1-2H3. The molecule has 1 aromatic carbocycles. The quantitative estimate of drug-likeness (QED) is 0.775. The minimum Gasteiger partial charge on any atom is -0.362 e. The van der Waals surface area contributed by atoms with Crippen molar-refractivity contribution in [2.24, 2.45) is 0 Å². The van der Waals surface area contributed by atoms with E-state index < -0.39 is 0 Å². The lowest BCUT2D eigenvalue weighted by Crippen LogP contribution is -1.90. The molecule has 0 aliphatic rings. The molecule has 2 aromatic rings. The van der Waals surface area contributed by atoms with Gasteiger partial charge in [-0.15, -0.1) is 0 Å². The normalized spacial score (nSPS) is 10.9. The molecule has 0 fully saturated rings. The van der Waals surface area contributed by atoms with E-state index in [2.05, 4.69) is 61.3 Å². The van der Waals surface area contributed by atoms with Crippen molar-refractivity contribution in [3.05, 3.63) is 59.4 Å². The Morgan fingerprint density at radius 3 is 2.33 bits per heavy atom. The molecule has 0 amide bonds. The average molecular weight is 199 g/mol. The number of aromatic amines is 1. The smallest absolute Gasteiger partial charge is 0.0193 e. The summed E-state index contributed by atoms with van der Waals surface area (Å²) in [5, 5.41) is 0. The van der Waals surface area contributed by atoms with Gasteiger partial charge < -0.3 is 4.98 Å². The fourth-order valence-electron chi connectivity index (χ4n) is 1.71. The van der Waals surface area contributed by atoms with Gasteiger partial charge in [0.05, 0.1) is 0 Å². The number of benzene rings is 1. The molecular weight excluding hydrogens is 182 g/mol. The third kappa shape index (κ3) is 2.50. The highest BCUT2D eigenvalue weighted by Gasteiger charge is 2.02. The molecule has 0 spiro atoms. The number of hydrogen-bond donors (Lipinski definition) is 1. The topological polar surface area (TPSA) is 15.8 Å². The highest BCUT2D eigenvalue weighted by molar-refractivity contribution is 5.24. The monoisotopic (exact) mass is 199 g/mol. The van der Waals surface area contributed by atoms with Crippen molar-refractivity contribution in [1.29, 1.82) is 0 Å². The number of H-pyrrole nitrogens is 1. The van der Waals surface area contributed by atoms with Gasteiger partial charge in [0.2, 0.25) is 0 Å². The van der Waals surface area contributed by atoms with Crippen molar-refractivity contribution in [3.8, 4) is 0 Å². The molecule has 0 aliphatic heterocycles. The second-order valence-electron chi connectivity index (χ2n) is 4.26. The van der Waals surface area contributed by atoms with Crippen molar-refractivity contribution in [1.82, 2.24) is 4.98 Å². The summed E-state index contributed by atoms with van der Waals surface area (Å²) >= 11 is 0. The summed E-state index contributed by atoms with van der Waals surface area (Å²) in [7, 11) is 0. The molecule has 0 saturated carbocycles. The van der Waals surface area contributed by atoms with E-state index in [-0.39, 0.29) is 0 Å². The lowest BCUT2D eigenvalue weighted by Gasteiger charge is -2.01. The van der Waals surface area contributed by atoms with Gasteiger partial charge in [0.1, 0.15) is 0 Å². The van der Waals surface area contributed by atoms with Crippen LogP contribution in [-0.2, 0) is 6.42 Å². The summed E-state index contributed by atoms with van der Waals surface area (Å²) < 4.78 is 0. The van der Waals surface area contributed by atoms with Crippen LogP contribution in [0.25, 0.3) is 0 Å². The van der Waals surface area contributed by atoms with Crippen molar-refractivity contribution >= 4 is 0 Å². The van der Waals surface area contributed by atoms with Crippen LogP contribution in [-0.4, -0.2) is 4.98 Å². The van der Waals surface area contributed by atoms with Gasteiger partial charge in [-0.3, -0.25) is 0 Å². The molecule has 0 saturated heterocycles. The molecule has 0 bridgehead atoms. The molecule has 1 heterocycles. The summed E-state index contributed by atoms with van der Waals surface area (Å²) in [4.78, 5) is 3.46. The van der Waals surface area contributed by atoms with Crippen molar-refractivity contribution in [2.75, 3.05) is 0 Å². The van der Waals surface area contributed by atoms with Gasteiger partial charge in [-0.1, -0.05) is 44.2 Å². The fourth-order valence-corrected chi connectivity index (χ4v) is 1.71. The minimum atomic E-state index is 0.578. The van der Waals surface area contributed by atoms with Crippen LogP contribution in [0.1, 0.15) is 36.7 Å². The van der Waals surface area contributed by atoms with E-state index in [1.54, 1.807) is 0 Å². The zero-order valence-electron chi connectivity index (χ0n) is 9.33. The van der Waals surface area contributed by atoms with E-state index in [1.807, 2.05) is 0 Å². The molecule has 78 valence electrons. The van der Waals surface area contributed by atoms with Crippen molar-refractivity contribution in [2.45, 2.75) is 26.2 Å². The minimum absolute atomic E-state index is 0.578. The lowest BCUT2D eigenvalue weighted by molar-refractivity contribution is 0.825. The summed E-state index contributed by atoms with van der Waals surface area (Å²) in [6.45, 7) is 4.41. The van der Waals surface area contributed by atoms with Gasteiger partial charge in [-0.2, -0.15) is 0 Å². The third-order valence-electron chi connectivity index (χ3n) is 2.63. The van der Waals surface area contributed by atoms with Gasteiger partial charge in [-0.05, 0) is 23.6 Å². The van der Waals surface area contributed by atoms with E-state index in [9.17, 15) is 0 Å². The van der Waals surface area contributed by atoms with Crippen LogP contribution in [0.4, 0.5) is 0 Å². The molecule has 0 atom stereocenters. The Labute approximate surface area is 91.2 Å². The largest absolute Gasteiger partial charge is 0.362 e. The third-order valence-corrected chi connectivity index (χ3v) is 2.63. The van der Waals surface area contributed by atoms with E-state index in [1.165, 1.54) is 17.0 Å². The maximum atomic E-state index is 3.46. The van der Waals surface area contributed by atoms with Gasteiger partial charge in [-0.25, -0.2) is 0 Å². The van der Waals surface area contributed by atoms with E-state index in [4.69, 9.17) is 0 Å². The number of rotatable bonds is 3. The zero-order valence-corrected chi connectivity index (χ0v) is 9.33. The van der Waals surface area contributed by atoms with Gasteiger partial charge in [0.15, 0.2) is 0 Å². The highest BCUT2D eigenvalue weighted by atomic mass is 14.7. The van der Waals surface area contributed by atoms with Crippen LogP contribution in [0, 0.1) is 0 Å². The first-order valence-electron chi connectivity index (χ1n) is 5.47. The Bertz CT molecular complexity index is 412. The van der Waals surface area contributed by atoms with Crippen LogP contribution >= 0.6 is 0 Å². The number of aromatic nitrogens is 1. The van der Waals surface area contributed by atoms with E-state index in [0.717, 1.165) is 6.42 Å². The average Bonchev–Trinajstić information content (AvgIpc) is 2.68. The summed E-state index contributed by atoms with van der Waals surface area (Å²) in [5.41, 5.74) is 3.97. The molecule has 1 N–H and O–H groups in total. The van der Waals surface area contributed by atoms with Crippen molar-refractivity contribution in [3.63, 3.8) is 0 Å². The molecular formula is C14H17N. The van der Waals surface area contributed by atoms with E-state index >= 15 is 0 Å². The first-order chi connectivity index (χ1) is 7.25. The summed E-state index contributed by atoms with van der Waals surface area (Å²) in [5.74, 6) is 0.578. The van der Waals surface area contributed by atoms with Crippen LogP contribution in [0.15, 0.2) is 42.5 Å². The molecule has 15 heavy (non-hydrogen) atoms. The van der Waals surface area contributed by atoms with Crippen LogP contribution in [0.3, 0.4) is 0 Å². The van der Waals surface area contributed by atoms with Gasteiger partial charge in [0.25, 0.3) is 0 Å². The fraction of sp³-hybridized carbons (Fsp3) is 0.286. The predicted octanol–water partition coefficient (Wildman–Crippen LogP) is 3.73. The number of hydrogen-bond acceptors (Lipinski definition) is 0. The van der Waals surface area contributed by atoms with Crippen LogP contribution in [0.2, 0.25) is 0 Å². The Balaban J connectivity index is 2.12. The Kier molecular flexibility index (Phi) is 2.91. The molecule has 1 nitrogen and oxygen atoms in total. The highest BCUT2D eigenvalue weighted by Crippen LogP contribution is 2.15. The first kappa shape index (κ1) is 10.0. The summed E-state index contributed by atoms with van der Waals surface area (Å²) in [6.07, 6.45) is 0.994. The van der Waals surface area contributed by atoms with Gasteiger partial charge >= 0.3 is 0 Å². The molecule has 0 unspecified atom stereocenters. The maximum Gasteiger partial charge on any atom is 0.0193 e. The molecule has 2 rings (SSSR count). The Hall–Kier alpha value is -1.50. The molecule has 0 radical (unpaired) electrons. The second-order valence-corrected chi connectivity index (χ2v) is 4.26. The number of nitrogens with one attached hydrogen (secondary N) is 1. The summed E-state index contributed by atoms with van der Waals surface area (Å²) in [6, 6.07) is 14.9. The molecule has 1 aromatic heterocycles. The molecule has 0 aliphatic carbocycles. The Morgan fingerprint density at radius 2 is 1.73 bits per heavy atom. The van der Waals surface area contributed by atoms with Crippen LogP contribution in [0.5, 0.6) is 0 Å². The lowest BCUT2D eigenvalue weighted by atomic mass is 10.1. The zero-order chi connectivity index (χ0) is 10.7. The SMILES string of the molecule is CC(C)c1ccc(Cc2ccccc2)[nH]1. The van der Waals surface area contributed by atoms with Gasteiger partial charge in [0, 0.05) is 17.8 Å². The second kappa shape index (κ2) is 4.35. The van der Waals surface area contributed by atoms with Crippen molar-refractivity contribution < 1.29 is 0 Å². The van der Waals surface area contributed by atoms with E-state index in [0.29, 0.717) is 5.92 Å². The molecule has 1 heteroatoms. The Morgan fingerprint density at radius 1 is 1.00 bits per heavy atom.